The predicted molar refractivity (Wildman–Crippen MR) is 139 cm³/mol. The molecule has 0 spiro atoms. The van der Waals surface area contributed by atoms with Gasteiger partial charge in [-0.15, -0.1) is 0 Å². The zero-order chi connectivity index (χ0) is 25.4. The Labute approximate surface area is 216 Å². The summed E-state index contributed by atoms with van der Waals surface area (Å²) in [5, 5.41) is 3.74. The lowest BCUT2D eigenvalue weighted by Crippen LogP contribution is -2.51. The number of amides is 2. The maximum absolute atomic E-state index is 14.4. The minimum atomic E-state index is -0.845. The van der Waals surface area contributed by atoms with Crippen molar-refractivity contribution in [2.24, 2.45) is 5.92 Å². The molecule has 1 atom stereocenters. The van der Waals surface area contributed by atoms with Crippen LogP contribution in [0.2, 0.25) is 10.0 Å². The molecule has 3 rings (SSSR count). The number of nitrogens with zero attached hydrogens (tertiary/aromatic N) is 1. The van der Waals surface area contributed by atoms with Crippen molar-refractivity contribution < 1.29 is 14.0 Å². The van der Waals surface area contributed by atoms with E-state index in [4.69, 9.17) is 23.2 Å². The number of nitrogens with one attached hydrogen (secondary N) is 1. The van der Waals surface area contributed by atoms with Crippen molar-refractivity contribution in [1.82, 2.24) is 10.2 Å². The molecule has 7 heteroatoms. The maximum Gasteiger partial charge on any atom is 0.243 e. The third kappa shape index (κ3) is 7.55. The van der Waals surface area contributed by atoms with E-state index in [9.17, 15) is 14.0 Å². The standard InChI is InChI=1S/C28H29Cl2FN2O2/c1-19(2)17-32-28(35)26(15-20-9-4-3-5-10-20)33(18-22-23(29)12-8-13-24(22)30)27(34)16-21-11-6-7-14-25(21)31/h3-14,19,26H,15-18H2,1-2H3,(H,32,35)/t26-/m1/s1. The third-order valence-electron chi connectivity index (χ3n) is 5.65. The largest absolute Gasteiger partial charge is 0.354 e. The number of carbonyl (C=O) groups is 2. The predicted octanol–water partition coefficient (Wildman–Crippen LogP) is 6.09. The molecule has 0 heterocycles. The van der Waals surface area contributed by atoms with Crippen molar-refractivity contribution in [3.8, 4) is 0 Å². The fourth-order valence-corrected chi connectivity index (χ4v) is 4.25. The Hall–Kier alpha value is -2.89. The molecule has 0 unspecified atom stereocenters. The molecule has 0 aromatic heterocycles. The van der Waals surface area contributed by atoms with Crippen LogP contribution in [0.15, 0.2) is 72.8 Å². The van der Waals surface area contributed by atoms with E-state index in [0.29, 0.717) is 22.2 Å². The highest BCUT2D eigenvalue weighted by Crippen LogP contribution is 2.27. The molecular formula is C28H29Cl2FN2O2. The Balaban J connectivity index is 2.02. The average molecular weight is 515 g/mol. The van der Waals surface area contributed by atoms with Crippen molar-refractivity contribution in [2.75, 3.05) is 6.54 Å². The molecule has 3 aromatic rings. The van der Waals surface area contributed by atoms with Crippen molar-refractivity contribution in [3.63, 3.8) is 0 Å². The van der Waals surface area contributed by atoms with Crippen molar-refractivity contribution in [3.05, 3.63) is 105 Å². The van der Waals surface area contributed by atoms with E-state index in [0.717, 1.165) is 5.56 Å². The lowest BCUT2D eigenvalue weighted by Gasteiger charge is -2.32. The van der Waals surface area contributed by atoms with Gasteiger partial charge in [0.1, 0.15) is 11.9 Å². The van der Waals surface area contributed by atoms with Gasteiger partial charge < -0.3 is 10.2 Å². The summed E-state index contributed by atoms with van der Waals surface area (Å²) in [5.74, 6) is -0.920. The number of halogens is 3. The second kappa shape index (κ2) is 12.7. The third-order valence-corrected chi connectivity index (χ3v) is 6.35. The molecule has 184 valence electrons. The van der Waals surface area contributed by atoms with E-state index in [2.05, 4.69) is 5.32 Å². The molecule has 3 aromatic carbocycles. The highest BCUT2D eigenvalue weighted by atomic mass is 35.5. The van der Waals surface area contributed by atoms with E-state index >= 15 is 0 Å². The fraction of sp³-hybridized carbons (Fsp3) is 0.286. The highest BCUT2D eigenvalue weighted by Gasteiger charge is 2.31. The van der Waals surface area contributed by atoms with Gasteiger partial charge in [0.25, 0.3) is 0 Å². The molecule has 0 bridgehead atoms. The summed E-state index contributed by atoms with van der Waals surface area (Å²) in [7, 11) is 0. The Kier molecular flexibility index (Phi) is 9.70. The van der Waals surface area contributed by atoms with E-state index in [1.54, 1.807) is 36.4 Å². The molecule has 35 heavy (non-hydrogen) atoms. The SMILES string of the molecule is CC(C)CNC(=O)[C@@H](Cc1ccccc1)N(Cc1c(Cl)cccc1Cl)C(=O)Cc1ccccc1F. The van der Waals surface area contributed by atoms with Gasteiger partial charge in [-0.3, -0.25) is 9.59 Å². The van der Waals surface area contributed by atoms with Gasteiger partial charge in [-0.05, 0) is 35.2 Å². The zero-order valence-corrected chi connectivity index (χ0v) is 21.3. The highest BCUT2D eigenvalue weighted by molar-refractivity contribution is 6.36. The van der Waals surface area contributed by atoms with Crippen LogP contribution in [0.3, 0.4) is 0 Å². The fourth-order valence-electron chi connectivity index (χ4n) is 3.74. The second-order valence-electron chi connectivity index (χ2n) is 8.83. The van der Waals surface area contributed by atoms with E-state index in [1.807, 2.05) is 44.2 Å². The summed E-state index contributed by atoms with van der Waals surface area (Å²) in [6, 6.07) is 19.9. The minimum Gasteiger partial charge on any atom is -0.354 e. The van der Waals surface area contributed by atoms with Gasteiger partial charge >= 0.3 is 0 Å². The molecule has 0 fully saturated rings. The van der Waals surface area contributed by atoms with Gasteiger partial charge in [-0.25, -0.2) is 4.39 Å². The van der Waals surface area contributed by atoms with Crippen LogP contribution >= 0.6 is 23.2 Å². The lowest BCUT2D eigenvalue weighted by molar-refractivity contribution is -0.140. The molecule has 0 saturated heterocycles. The average Bonchev–Trinajstić information content (AvgIpc) is 2.83. The quantitative estimate of drug-likeness (QED) is 0.356. The number of benzene rings is 3. The van der Waals surface area contributed by atoms with Gasteiger partial charge in [-0.1, -0.05) is 91.6 Å². The van der Waals surface area contributed by atoms with Gasteiger partial charge in [0.05, 0.1) is 6.42 Å². The summed E-state index contributed by atoms with van der Waals surface area (Å²) >= 11 is 12.9. The first-order valence-electron chi connectivity index (χ1n) is 11.5. The maximum atomic E-state index is 14.4. The summed E-state index contributed by atoms with van der Waals surface area (Å²) in [5.41, 5.74) is 1.69. The van der Waals surface area contributed by atoms with Crippen LogP contribution < -0.4 is 5.32 Å². The topological polar surface area (TPSA) is 49.4 Å². The first kappa shape index (κ1) is 26.7. The minimum absolute atomic E-state index is 0.0123. The number of hydrogen-bond donors (Lipinski definition) is 1. The molecule has 0 aliphatic carbocycles. The van der Waals surface area contributed by atoms with Crippen LogP contribution in [0, 0.1) is 11.7 Å². The lowest BCUT2D eigenvalue weighted by atomic mass is 10.0. The van der Waals surface area contributed by atoms with Crippen molar-refractivity contribution >= 4 is 35.0 Å². The molecule has 0 aliphatic heterocycles. The Bertz CT molecular complexity index is 1130. The van der Waals surface area contributed by atoms with Gasteiger partial charge in [0.15, 0.2) is 0 Å². The number of carbonyl (C=O) groups excluding carboxylic acids is 2. The molecule has 0 saturated carbocycles. The van der Waals surface area contributed by atoms with Gasteiger partial charge in [0, 0.05) is 35.1 Å². The summed E-state index contributed by atoms with van der Waals surface area (Å²) < 4.78 is 14.4. The second-order valence-corrected chi connectivity index (χ2v) is 9.65. The summed E-state index contributed by atoms with van der Waals surface area (Å²) in [6.45, 7) is 4.47. The summed E-state index contributed by atoms with van der Waals surface area (Å²) in [6.07, 6.45) is 0.0906. The van der Waals surface area contributed by atoms with Crippen LogP contribution in [-0.4, -0.2) is 29.3 Å². The van der Waals surface area contributed by atoms with Crippen molar-refractivity contribution in [1.29, 1.82) is 0 Å². The van der Waals surface area contributed by atoms with Crippen LogP contribution in [-0.2, 0) is 29.0 Å². The van der Waals surface area contributed by atoms with Crippen LogP contribution in [0.25, 0.3) is 0 Å². The van der Waals surface area contributed by atoms with Crippen LogP contribution in [0.1, 0.15) is 30.5 Å². The van der Waals surface area contributed by atoms with Crippen LogP contribution in [0.5, 0.6) is 0 Å². The molecule has 4 nitrogen and oxygen atoms in total. The van der Waals surface area contributed by atoms with Gasteiger partial charge in [-0.2, -0.15) is 0 Å². The zero-order valence-electron chi connectivity index (χ0n) is 19.8. The Morgan fingerprint density at radius 3 is 2.17 bits per heavy atom. The van der Waals surface area contributed by atoms with E-state index < -0.39 is 17.8 Å². The Morgan fingerprint density at radius 2 is 1.54 bits per heavy atom. The Morgan fingerprint density at radius 1 is 0.914 bits per heavy atom. The van der Waals surface area contributed by atoms with Crippen LogP contribution in [0.4, 0.5) is 4.39 Å². The molecule has 0 aliphatic rings. The van der Waals surface area contributed by atoms with E-state index in [-0.39, 0.29) is 36.8 Å². The van der Waals surface area contributed by atoms with Crippen molar-refractivity contribution in [2.45, 2.75) is 39.3 Å². The van der Waals surface area contributed by atoms with Gasteiger partial charge in [0.2, 0.25) is 11.8 Å². The normalized spacial score (nSPS) is 11.8. The van der Waals surface area contributed by atoms with E-state index in [1.165, 1.54) is 11.0 Å². The smallest absolute Gasteiger partial charge is 0.243 e. The first-order valence-corrected chi connectivity index (χ1v) is 12.3. The first-order chi connectivity index (χ1) is 16.8. The number of rotatable bonds is 10. The summed E-state index contributed by atoms with van der Waals surface area (Å²) in [4.78, 5) is 28.6. The number of hydrogen-bond acceptors (Lipinski definition) is 2. The molecule has 2 amide bonds. The molecule has 0 radical (unpaired) electrons. The monoisotopic (exact) mass is 514 g/mol. The molecule has 1 N–H and O–H groups in total. The molecular weight excluding hydrogens is 486 g/mol.